The van der Waals surface area contributed by atoms with Gasteiger partial charge in [-0.25, -0.2) is 4.39 Å². The molecule has 1 aromatic rings. The summed E-state index contributed by atoms with van der Waals surface area (Å²) in [4.78, 5) is 13.8. The van der Waals surface area contributed by atoms with E-state index in [2.05, 4.69) is 0 Å². The second-order valence-electron chi connectivity index (χ2n) is 5.46. The van der Waals surface area contributed by atoms with Crippen molar-refractivity contribution in [1.29, 1.82) is 0 Å². The molecule has 1 heterocycles. The summed E-state index contributed by atoms with van der Waals surface area (Å²) >= 11 is 0. The van der Waals surface area contributed by atoms with Crippen molar-refractivity contribution in [3.63, 3.8) is 0 Å². The first-order valence-corrected chi connectivity index (χ1v) is 6.34. The molecule has 0 aliphatic carbocycles. The lowest BCUT2D eigenvalue weighted by Crippen LogP contribution is -2.46. The fourth-order valence-corrected chi connectivity index (χ4v) is 2.47. The normalized spacial score (nSPS) is 23.4. The molecule has 5 heteroatoms. The third kappa shape index (κ3) is 2.87. The third-order valence-corrected chi connectivity index (χ3v) is 3.63. The molecule has 1 atom stereocenters. The largest absolute Gasteiger partial charge is 0.508 e. The van der Waals surface area contributed by atoms with Crippen molar-refractivity contribution in [2.24, 2.45) is 5.41 Å². The highest BCUT2D eigenvalue weighted by Gasteiger charge is 2.33. The van der Waals surface area contributed by atoms with Crippen LogP contribution in [-0.2, 0) is 0 Å². The summed E-state index contributed by atoms with van der Waals surface area (Å²) < 4.78 is 13.7. The van der Waals surface area contributed by atoms with Gasteiger partial charge < -0.3 is 15.1 Å². The minimum absolute atomic E-state index is 0.00877. The first-order valence-electron chi connectivity index (χ1n) is 6.34. The van der Waals surface area contributed by atoms with Crippen molar-refractivity contribution >= 4 is 5.91 Å². The van der Waals surface area contributed by atoms with E-state index in [-0.39, 0.29) is 23.3 Å². The number of piperidine rings is 1. The molecule has 0 aromatic heterocycles. The lowest BCUT2D eigenvalue weighted by molar-refractivity contribution is 0.0354. The highest BCUT2D eigenvalue weighted by molar-refractivity contribution is 5.94. The summed E-state index contributed by atoms with van der Waals surface area (Å²) in [5.74, 6) is -1.31. The zero-order valence-corrected chi connectivity index (χ0v) is 10.9. The van der Waals surface area contributed by atoms with Gasteiger partial charge in [-0.3, -0.25) is 4.79 Å². The van der Waals surface area contributed by atoms with Gasteiger partial charge in [0, 0.05) is 24.6 Å². The van der Waals surface area contributed by atoms with Gasteiger partial charge in [0.2, 0.25) is 0 Å². The number of aromatic hydroxyl groups is 1. The van der Waals surface area contributed by atoms with Gasteiger partial charge >= 0.3 is 0 Å². The van der Waals surface area contributed by atoms with Crippen molar-refractivity contribution in [2.75, 3.05) is 19.7 Å². The molecule has 4 nitrogen and oxygen atoms in total. The molecular formula is C14H18FNO3. The Balaban J connectivity index is 2.19. The van der Waals surface area contributed by atoms with Crippen molar-refractivity contribution < 1.29 is 19.4 Å². The van der Waals surface area contributed by atoms with Gasteiger partial charge in [0.25, 0.3) is 5.91 Å². The Kier molecular flexibility index (Phi) is 3.75. The van der Waals surface area contributed by atoms with Gasteiger partial charge in [-0.05, 0) is 25.0 Å². The number of aliphatic hydroxyl groups excluding tert-OH is 1. The van der Waals surface area contributed by atoms with Crippen LogP contribution in [-0.4, -0.2) is 40.7 Å². The number of benzene rings is 1. The predicted molar refractivity (Wildman–Crippen MR) is 68.4 cm³/mol. The Hall–Kier alpha value is -1.62. The van der Waals surface area contributed by atoms with Crippen LogP contribution in [0.3, 0.4) is 0 Å². The second-order valence-corrected chi connectivity index (χ2v) is 5.46. The summed E-state index contributed by atoms with van der Waals surface area (Å²) in [5, 5.41) is 18.5. The summed E-state index contributed by atoms with van der Waals surface area (Å²) in [6.45, 7) is 2.91. The average molecular weight is 267 g/mol. The number of phenolic OH excluding ortho intramolecular Hbond substituents is 1. The first kappa shape index (κ1) is 13.8. The van der Waals surface area contributed by atoms with E-state index in [1.807, 2.05) is 6.92 Å². The highest BCUT2D eigenvalue weighted by Crippen LogP contribution is 2.30. The van der Waals surface area contributed by atoms with Crippen LogP contribution in [0.15, 0.2) is 18.2 Å². The molecule has 0 saturated carbocycles. The summed E-state index contributed by atoms with van der Waals surface area (Å²) in [6.07, 6.45) is 1.65. The number of halogens is 1. The van der Waals surface area contributed by atoms with E-state index in [0.29, 0.717) is 13.1 Å². The molecule has 104 valence electrons. The first-order chi connectivity index (χ1) is 8.95. The molecular weight excluding hydrogens is 249 g/mol. The monoisotopic (exact) mass is 267 g/mol. The van der Waals surface area contributed by atoms with Gasteiger partial charge in [-0.15, -0.1) is 0 Å². The second kappa shape index (κ2) is 5.17. The number of rotatable bonds is 2. The Morgan fingerprint density at radius 3 is 2.89 bits per heavy atom. The van der Waals surface area contributed by atoms with Crippen LogP contribution in [0.25, 0.3) is 0 Å². The fourth-order valence-electron chi connectivity index (χ4n) is 2.47. The number of phenols is 1. The molecule has 2 rings (SSSR count). The number of carbonyl (C=O) groups is 1. The zero-order chi connectivity index (χ0) is 14.0. The standard InChI is InChI=1S/C14H18FNO3/c1-14(9-17)5-2-6-16(8-14)13(19)11-4-3-10(18)7-12(11)15/h3-4,7,17-18H,2,5-6,8-9H2,1H3. The van der Waals surface area contributed by atoms with Crippen LogP contribution in [0.1, 0.15) is 30.1 Å². The zero-order valence-electron chi connectivity index (χ0n) is 10.9. The molecule has 0 bridgehead atoms. The smallest absolute Gasteiger partial charge is 0.256 e. The quantitative estimate of drug-likeness (QED) is 0.858. The Labute approximate surface area is 111 Å². The number of carbonyl (C=O) groups excluding carboxylic acids is 1. The Bertz CT molecular complexity index is 492. The molecule has 2 N–H and O–H groups in total. The van der Waals surface area contributed by atoms with Gasteiger partial charge in [-0.1, -0.05) is 6.92 Å². The van der Waals surface area contributed by atoms with E-state index >= 15 is 0 Å². The Morgan fingerprint density at radius 1 is 1.53 bits per heavy atom. The van der Waals surface area contributed by atoms with E-state index in [9.17, 15) is 14.3 Å². The van der Waals surface area contributed by atoms with Crippen LogP contribution in [0.5, 0.6) is 5.75 Å². The van der Waals surface area contributed by atoms with Crippen LogP contribution in [0, 0.1) is 11.2 Å². The van der Waals surface area contributed by atoms with Crippen molar-refractivity contribution in [3.05, 3.63) is 29.6 Å². The maximum absolute atomic E-state index is 13.7. The number of nitrogens with zero attached hydrogens (tertiary/aromatic N) is 1. The number of amides is 1. The number of likely N-dealkylation sites (tertiary alicyclic amines) is 1. The van der Waals surface area contributed by atoms with Crippen LogP contribution in [0.4, 0.5) is 4.39 Å². The van der Waals surface area contributed by atoms with Gasteiger partial charge in [0.1, 0.15) is 11.6 Å². The van der Waals surface area contributed by atoms with Crippen molar-refractivity contribution in [1.82, 2.24) is 4.90 Å². The molecule has 1 aromatic carbocycles. The predicted octanol–water partition coefficient (Wildman–Crippen LogP) is 1.77. The molecule has 1 aliphatic heterocycles. The van der Waals surface area contributed by atoms with Crippen LogP contribution < -0.4 is 0 Å². The van der Waals surface area contributed by atoms with E-state index in [0.717, 1.165) is 18.9 Å². The minimum Gasteiger partial charge on any atom is -0.508 e. The number of hydrogen-bond donors (Lipinski definition) is 2. The fraction of sp³-hybridized carbons (Fsp3) is 0.500. The SMILES string of the molecule is CC1(CO)CCCN(C(=O)c2ccc(O)cc2F)C1. The summed E-state index contributed by atoms with van der Waals surface area (Å²) in [5.41, 5.74) is -0.360. The lowest BCUT2D eigenvalue weighted by atomic mass is 9.82. The van der Waals surface area contributed by atoms with E-state index < -0.39 is 11.7 Å². The van der Waals surface area contributed by atoms with Crippen LogP contribution >= 0.6 is 0 Å². The van der Waals surface area contributed by atoms with Crippen molar-refractivity contribution in [3.8, 4) is 5.75 Å². The van der Waals surface area contributed by atoms with Gasteiger partial charge in [-0.2, -0.15) is 0 Å². The summed E-state index contributed by atoms with van der Waals surface area (Å²) in [7, 11) is 0. The average Bonchev–Trinajstić information content (AvgIpc) is 2.38. The molecule has 1 aliphatic rings. The molecule has 1 saturated heterocycles. The van der Waals surface area contributed by atoms with Crippen molar-refractivity contribution in [2.45, 2.75) is 19.8 Å². The molecule has 0 spiro atoms. The van der Waals surface area contributed by atoms with E-state index in [1.165, 1.54) is 12.1 Å². The molecule has 19 heavy (non-hydrogen) atoms. The van der Waals surface area contributed by atoms with E-state index in [4.69, 9.17) is 5.11 Å². The number of aliphatic hydroxyl groups is 1. The Morgan fingerprint density at radius 2 is 2.26 bits per heavy atom. The third-order valence-electron chi connectivity index (χ3n) is 3.63. The summed E-state index contributed by atoms with van der Waals surface area (Å²) in [6, 6.07) is 3.52. The molecule has 1 amide bonds. The van der Waals surface area contributed by atoms with Gasteiger partial charge in [0.05, 0.1) is 12.2 Å². The lowest BCUT2D eigenvalue weighted by Gasteiger charge is -2.39. The maximum atomic E-state index is 13.7. The highest BCUT2D eigenvalue weighted by atomic mass is 19.1. The number of hydrogen-bond acceptors (Lipinski definition) is 3. The molecule has 0 radical (unpaired) electrons. The topological polar surface area (TPSA) is 60.8 Å². The molecule has 1 unspecified atom stereocenters. The minimum atomic E-state index is -0.721. The maximum Gasteiger partial charge on any atom is 0.256 e. The van der Waals surface area contributed by atoms with Crippen LogP contribution in [0.2, 0.25) is 0 Å². The molecule has 1 fully saturated rings. The van der Waals surface area contributed by atoms with Gasteiger partial charge in [0.15, 0.2) is 0 Å². The van der Waals surface area contributed by atoms with E-state index in [1.54, 1.807) is 4.90 Å².